The lowest BCUT2D eigenvalue weighted by Crippen LogP contribution is -2.56. The zero-order chi connectivity index (χ0) is 20.8. The number of methoxy groups -OCH3 is 1. The van der Waals surface area contributed by atoms with Crippen molar-refractivity contribution in [2.24, 2.45) is 0 Å². The van der Waals surface area contributed by atoms with Gasteiger partial charge in [-0.25, -0.2) is 0 Å². The molecule has 0 bridgehead atoms. The Morgan fingerprint density at radius 2 is 1.83 bits per heavy atom. The molecule has 0 aliphatic carbocycles. The van der Waals surface area contributed by atoms with Crippen molar-refractivity contribution >= 4 is 11.6 Å². The molecule has 3 fully saturated rings. The summed E-state index contributed by atoms with van der Waals surface area (Å²) in [5.41, 5.74) is 1.26. The molecule has 1 aromatic carbocycles. The smallest absolute Gasteiger partial charge is 0.224 e. The zero-order valence-corrected chi connectivity index (χ0v) is 18.3. The van der Waals surface area contributed by atoms with Crippen LogP contribution in [-0.2, 0) is 9.63 Å². The first kappa shape index (κ1) is 21.4. The average molecular weight is 417 g/mol. The summed E-state index contributed by atoms with van der Waals surface area (Å²) in [5.74, 6) is 1.18. The Balaban J connectivity index is 1.23. The normalized spacial score (nSPS) is 24.1. The number of hydrogen-bond donors (Lipinski definition) is 0. The Morgan fingerprint density at radius 1 is 1.03 bits per heavy atom. The lowest BCUT2D eigenvalue weighted by atomic mass is 10.0. The number of amides is 1. The van der Waals surface area contributed by atoms with Gasteiger partial charge in [0.15, 0.2) is 0 Å². The van der Waals surface area contributed by atoms with E-state index < -0.39 is 0 Å². The molecule has 0 unspecified atom stereocenters. The third-order valence-corrected chi connectivity index (χ3v) is 6.67. The molecule has 0 saturated carbocycles. The fourth-order valence-electron chi connectivity index (χ4n) is 4.82. The number of rotatable bonds is 6. The van der Waals surface area contributed by atoms with E-state index in [2.05, 4.69) is 26.8 Å². The highest BCUT2D eigenvalue weighted by Gasteiger charge is 2.30. The van der Waals surface area contributed by atoms with Crippen molar-refractivity contribution in [3.63, 3.8) is 0 Å². The second-order valence-corrected chi connectivity index (χ2v) is 8.58. The van der Waals surface area contributed by atoms with E-state index in [0.717, 1.165) is 77.6 Å². The third kappa shape index (κ3) is 5.45. The van der Waals surface area contributed by atoms with Gasteiger partial charge in [0.25, 0.3) is 0 Å². The highest BCUT2D eigenvalue weighted by atomic mass is 16.7. The van der Waals surface area contributed by atoms with Crippen LogP contribution in [-0.4, -0.2) is 92.9 Å². The summed E-state index contributed by atoms with van der Waals surface area (Å²) in [7, 11) is 1.70. The van der Waals surface area contributed by atoms with Gasteiger partial charge < -0.3 is 14.5 Å². The highest BCUT2D eigenvalue weighted by Crippen LogP contribution is 2.23. The fraction of sp³-hybridized carbons (Fsp3) is 0.696. The lowest BCUT2D eigenvalue weighted by molar-refractivity contribution is -0.182. The zero-order valence-electron chi connectivity index (χ0n) is 18.3. The first-order valence-electron chi connectivity index (χ1n) is 11.5. The minimum atomic E-state index is 0.283. The number of anilines is 1. The van der Waals surface area contributed by atoms with E-state index >= 15 is 0 Å². The summed E-state index contributed by atoms with van der Waals surface area (Å²) in [6.07, 6.45) is 5.17. The van der Waals surface area contributed by atoms with Crippen molar-refractivity contribution in [3.8, 4) is 5.75 Å². The second kappa shape index (κ2) is 10.5. The summed E-state index contributed by atoms with van der Waals surface area (Å²) in [4.78, 5) is 25.5. The molecular weight excluding hydrogens is 380 g/mol. The summed E-state index contributed by atoms with van der Waals surface area (Å²) in [6, 6.07) is 8.83. The molecule has 1 atom stereocenters. The number of hydrogen-bond acceptors (Lipinski definition) is 6. The van der Waals surface area contributed by atoms with Crippen LogP contribution in [0.3, 0.4) is 0 Å². The van der Waals surface area contributed by atoms with E-state index in [0.29, 0.717) is 12.5 Å². The van der Waals surface area contributed by atoms with Crippen molar-refractivity contribution in [2.75, 3.05) is 71.0 Å². The number of nitrogens with zero attached hydrogens (tertiary/aromatic N) is 4. The Hall–Kier alpha value is -1.83. The number of ether oxygens (including phenoxy) is 1. The molecule has 1 aromatic rings. The van der Waals surface area contributed by atoms with Crippen LogP contribution in [0.4, 0.5) is 5.69 Å². The van der Waals surface area contributed by atoms with Crippen LogP contribution in [0.25, 0.3) is 0 Å². The van der Waals surface area contributed by atoms with Gasteiger partial charge >= 0.3 is 0 Å². The molecule has 0 N–H and O–H groups in total. The molecule has 4 rings (SSSR count). The summed E-state index contributed by atoms with van der Waals surface area (Å²) < 4.78 is 5.27. The number of carbonyl (C=O) groups excluding carboxylic acids is 1. The largest absolute Gasteiger partial charge is 0.497 e. The van der Waals surface area contributed by atoms with Crippen LogP contribution in [0, 0.1) is 0 Å². The SMILES string of the molecule is COc1ccc(N2CCN([C@H]3CCCN(C(=O)CCN4CCCCO4)C3)CC2)cc1. The van der Waals surface area contributed by atoms with Crippen LogP contribution in [0.15, 0.2) is 24.3 Å². The van der Waals surface area contributed by atoms with Crippen LogP contribution < -0.4 is 9.64 Å². The maximum Gasteiger partial charge on any atom is 0.224 e. The minimum absolute atomic E-state index is 0.283. The van der Waals surface area contributed by atoms with Gasteiger partial charge in [0.1, 0.15) is 5.75 Å². The Labute approximate surface area is 180 Å². The van der Waals surface area contributed by atoms with E-state index in [1.54, 1.807) is 7.11 Å². The topological polar surface area (TPSA) is 48.5 Å². The fourth-order valence-corrected chi connectivity index (χ4v) is 4.82. The van der Waals surface area contributed by atoms with Crippen molar-refractivity contribution in [2.45, 2.75) is 38.1 Å². The molecule has 1 amide bonds. The Morgan fingerprint density at radius 3 is 2.53 bits per heavy atom. The van der Waals surface area contributed by atoms with Gasteiger partial charge in [-0.3, -0.25) is 14.5 Å². The molecule has 3 saturated heterocycles. The lowest BCUT2D eigenvalue weighted by Gasteiger charge is -2.44. The molecule has 0 aromatic heterocycles. The highest BCUT2D eigenvalue weighted by molar-refractivity contribution is 5.76. The van der Waals surface area contributed by atoms with Gasteiger partial charge in [0.2, 0.25) is 5.91 Å². The molecule has 30 heavy (non-hydrogen) atoms. The predicted octanol–water partition coefficient (Wildman–Crippen LogP) is 2.23. The van der Waals surface area contributed by atoms with Crippen LogP contribution >= 0.6 is 0 Å². The van der Waals surface area contributed by atoms with E-state index in [4.69, 9.17) is 9.57 Å². The van der Waals surface area contributed by atoms with Crippen molar-refractivity contribution in [1.82, 2.24) is 14.9 Å². The molecule has 3 aliphatic rings. The Kier molecular flexibility index (Phi) is 7.47. The molecule has 3 heterocycles. The first-order valence-corrected chi connectivity index (χ1v) is 11.5. The molecule has 7 nitrogen and oxygen atoms in total. The predicted molar refractivity (Wildman–Crippen MR) is 118 cm³/mol. The van der Waals surface area contributed by atoms with Gasteiger partial charge in [-0.15, -0.1) is 0 Å². The molecule has 7 heteroatoms. The van der Waals surface area contributed by atoms with Gasteiger partial charge in [-0.2, -0.15) is 5.06 Å². The first-order chi connectivity index (χ1) is 14.7. The summed E-state index contributed by atoms with van der Waals surface area (Å²) in [5, 5.41) is 1.97. The van der Waals surface area contributed by atoms with Crippen LogP contribution in [0.2, 0.25) is 0 Å². The maximum absolute atomic E-state index is 12.8. The van der Waals surface area contributed by atoms with E-state index in [-0.39, 0.29) is 5.91 Å². The average Bonchev–Trinajstić information content (AvgIpc) is 2.83. The van der Waals surface area contributed by atoms with Crippen LogP contribution in [0.1, 0.15) is 32.1 Å². The van der Waals surface area contributed by atoms with Crippen molar-refractivity contribution in [3.05, 3.63) is 24.3 Å². The van der Waals surface area contributed by atoms with Crippen molar-refractivity contribution < 1.29 is 14.4 Å². The maximum atomic E-state index is 12.8. The molecule has 0 radical (unpaired) electrons. The van der Waals surface area contributed by atoms with Gasteiger partial charge in [0, 0.05) is 70.5 Å². The molecule has 166 valence electrons. The summed E-state index contributed by atoms with van der Waals surface area (Å²) in [6.45, 7) is 8.43. The number of benzene rings is 1. The summed E-state index contributed by atoms with van der Waals surface area (Å²) >= 11 is 0. The van der Waals surface area contributed by atoms with E-state index in [1.807, 2.05) is 17.2 Å². The standard InChI is InChI=1S/C23H36N4O3/c1-29-22-8-6-20(7-9-22)24-14-16-25(17-15-24)21-5-4-11-26(19-21)23(28)10-13-27-12-2-3-18-30-27/h6-9,21H,2-5,10-19H2,1H3/t21-/m0/s1. The van der Waals surface area contributed by atoms with E-state index in [9.17, 15) is 4.79 Å². The van der Waals surface area contributed by atoms with Gasteiger partial charge in [0.05, 0.1) is 13.7 Å². The number of likely N-dealkylation sites (tertiary alicyclic amines) is 1. The Bertz CT molecular complexity index is 670. The number of piperidine rings is 1. The van der Waals surface area contributed by atoms with Crippen LogP contribution in [0.5, 0.6) is 5.75 Å². The number of carbonyl (C=O) groups is 1. The molecule has 0 spiro atoms. The monoisotopic (exact) mass is 416 g/mol. The minimum Gasteiger partial charge on any atom is -0.497 e. The van der Waals surface area contributed by atoms with Crippen molar-refractivity contribution in [1.29, 1.82) is 0 Å². The number of hydroxylamine groups is 2. The quantitative estimate of drug-likeness (QED) is 0.709. The molecular formula is C23H36N4O3. The van der Waals surface area contributed by atoms with Gasteiger partial charge in [-0.05, 0) is 49.9 Å². The van der Waals surface area contributed by atoms with E-state index in [1.165, 1.54) is 18.5 Å². The number of piperazine rings is 1. The second-order valence-electron chi connectivity index (χ2n) is 8.58. The van der Waals surface area contributed by atoms with Gasteiger partial charge in [-0.1, -0.05) is 0 Å². The molecule has 3 aliphatic heterocycles. The third-order valence-electron chi connectivity index (χ3n) is 6.67.